The van der Waals surface area contributed by atoms with Crippen molar-refractivity contribution in [2.75, 3.05) is 21.3 Å². The molecule has 0 aliphatic carbocycles. The summed E-state index contributed by atoms with van der Waals surface area (Å²) in [4.78, 5) is 26.3. The predicted molar refractivity (Wildman–Crippen MR) is 103 cm³/mol. The van der Waals surface area contributed by atoms with Gasteiger partial charge in [0.2, 0.25) is 12.0 Å². The number of carbonyl (C=O) groups excluding carboxylic acids is 2. The van der Waals surface area contributed by atoms with E-state index in [1.807, 2.05) is 30.3 Å². The van der Waals surface area contributed by atoms with E-state index >= 15 is 0 Å². The molecule has 2 atom stereocenters. The van der Waals surface area contributed by atoms with Gasteiger partial charge in [0.15, 0.2) is 11.5 Å². The zero-order chi connectivity index (χ0) is 21.0. The van der Waals surface area contributed by atoms with Crippen LogP contribution in [0.15, 0.2) is 42.5 Å². The van der Waals surface area contributed by atoms with Crippen molar-refractivity contribution in [1.82, 2.24) is 4.90 Å². The van der Waals surface area contributed by atoms with Crippen LogP contribution in [0.25, 0.3) is 0 Å². The molecule has 1 aliphatic heterocycles. The summed E-state index contributed by atoms with van der Waals surface area (Å²) in [7, 11) is 4.43. The standard InChI is InChI=1S/C21H23NO7/c1-13-20(23)29-19(15-10-11-16(25-2)18(27-4)17(15)26-3)22(13)21(24)28-12-14-8-6-5-7-9-14/h5-11,13,19H,12H2,1-4H3/t13-,19?/m0/s1. The molecule has 0 spiro atoms. The smallest absolute Gasteiger partial charge is 0.414 e. The van der Waals surface area contributed by atoms with Crippen molar-refractivity contribution < 1.29 is 33.3 Å². The number of esters is 1. The Balaban J connectivity index is 1.91. The number of carbonyl (C=O) groups is 2. The topological polar surface area (TPSA) is 83.5 Å². The summed E-state index contributed by atoms with van der Waals surface area (Å²) in [5.41, 5.74) is 1.28. The van der Waals surface area contributed by atoms with Crippen LogP contribution in [-0.2, 0) is 20.9 Å². The van der Waals surface area contributed by atoms with Gasteiger partial charge in [-0.15, -0.1) is 0 Å². The Kier molecular flexibility index (Phi) is 6.11. The van der Waals surface area contributed by atoms with Gasteiger partial charge in [-0.2, -0.15) is 0 Å². The van der Waals surface area contributed by atoms with Gasteiger partial charge >= 0.3 is 12.1 Å². The highest BCUT2D eigenvalue weighted by molar-refractivity contribution is 5.84. The predicted octanol–water partition coefficient (Wildman–Crippen LogP) is 3.30. The Morgan fingerprint density at radius 1 is 1.00 bits per heavy atom. The zero-order valence-corrected chi connectivity index (χ0v) is 16.7. The Labute approximate surface area is 168 Å². The van der Waals surface area contributed by atoms with Crippen molar-refractivity contribution in [3.8, 4) is 17.2 Å². The van der Waals surface area contributed by atoms with Crippen molar-refractivity contribution in [2.24, 2.45) is 0 Å². The maximum absolute atomic E-state index is 12.8. The summed E-state index contributed by atoms with van der Waals surface area (Å²) >= 11 is 0. The van der Waals surface area contributed by atoms with E-state index in [4.69, 9.17) is 23.7 Å². The number of methoxy groups -OCH3 is 3. The van der Waals surface area contributed by atoms with Crippen LogP contribution >= 0.6 is 0 Å². The second-order valence-corrected chi connectivity index (χ2v) is 6.34. The van der Waals surface area contributed by atoms with E-state index in [0.29, 0.717) is 22.8 Å². The third kappa shape index (κ3) is 3.91. The average Bonchev–Trinajstić information content (AvgIpc) is 3.05. The van der Waals surface area contributed by atoms with Crippen LogP contribution in [0.4, 0.5) is 4.79 Å². The van der Waals surface area contributed by atoms with E-state index < -0.39 is 24.3 Å². The lowest BCUT2D eigenvalue weighted by atomic mass is 10.1. The fourth-order valence-corrected chi connectivity index (χ4v) is 3.16. The fraction of sp³-hybridized carbons (Fsp3) is 0.333. The van der Waals surface area contributed by atoms with Gasteiger partial charge in [-0.25, -0.2) is 9.59 Å². The van der Waals surface area contributed by atoms with Crippen LogP contribution < -0.4 is 14.2 Å². The third-order valence-corrected chi connectivity index (χ3v) is 4.66. The van der Waals surface area contributed by atoms with Gasteiger partial charge < -0.3 is 23.7 Å². The normalized spacial score (nSPS) is 18.2. The molecular formula is C21H23NO7. The molecule has 0 radical (unpaired) electrons. The maximum atomic E-state index is 12.8. The summed E-state index contributed by atoms with van der Waals surface area (Å²) in [5.74, 6) is 0.549. The molecular weight excluding hydrogens is 378 g/mol. The molecule has 1 fully saturated rings. The molecule has 29 heavy (non-hydrogen) atoms. The van der Waals surface area contributed by atoms with Gasteiger partial charge in [-0.1, -0.05) is 30.3 Å². The van der Waals surface area contributed by atoms with Crippen LogP contribution in [0.5, 0.6) is 17.2 Å². The molecule has 8 nitrogen and oxygen atoms in total. The van der Waals surface area contributed by atoms with Crippen LogP contribution in [0.2, 0.25) is 0 Å². The lowest BCUT2D eigenvalue weighted by molar-refractivity contribution is -0.142. The number of hydrogen-bond donors (Lipinski definition) is 0. The van der Waals surface area contributed by atoms with E-state index in [2.05, 4.69) is 0 Å². The first-order valence-corrected chi connectivity index (χ1v) is 9.00. The summed E-state index contributed by atoms with van der Waals surface area (Å²) in [6.07, 6.45) is -1.69. The molecule has 2 aromatic carbocycles. The van der Waals surface area contributed by atoms with Crippen molar-refractivity contribution in [3.63, 3.8) is 0 Å². The van der Waals surface area contributed by atoms with Crippen LogP contribution in [-0.4, -0.2) is 44.3 Å². The molecule has 1 unspecified atom stereocenters. The van der Waals surface area contributed by atoms with Gasteiger partial charge in [-0.05, 0) is 24.6 Å². The largest absolute Gasteiger partial charge is 0.493 e. The first kappa shape index (κ1) is 20.3. The molecule has 0 saturated carbocycles. The van der Waals surface area contributed by atoms with Gasteiger partial charge in [0.05, 0.1) is 26.9 Å². The highest BCUT2D eigenvalue weighted by atomic mass is 16.6. The Hall–Kier alpha value is -3.42. The monoisotopic (exact) mass is 401 g/mol. The molecule has 0 aromatic heterocycles. The molecule has 0 bridgehead atoms. The molecule has 154 valence electrons. The summed E-state index contributed by atoms with van der Waals surface area (Å²) < 4.78 is 27.0. The number of ether oxygens (including phenoxy) is 5. The molecule has 1 amide bonds. The Morgan fingerprint density at radius 3 is 2.31 bits per heavy atom. The second-order valence-electron chi connectivity index (χ2n) is 6.34. The maximum Gasteiger partial charge on any atom is 0.414 e. The second kappa shape index (κ2) is 8.72. The highest BCUT2D eigenvalue weighted by Gasteiger charge is 2.46. The zero-order valence-electron chi connectivity index (χ0n) is 16.7. The van der Waals surface area contributed by atoms with Crippen molar-refractivity contribution in [2.45, 2.75) is 25.8 Å². The van der Waals surface area contributed by atoms with Gasteiger partial charge in [-0.3, -0.25) is 4.90 Å². The van der Waals surface area contributed by atoms with Gasteiger partial charge in [0.25, 0.3) is 0 Å². The van der Waals surface area contributed by atoms with Gasteiger partial charge in [0, 0.05) is 0 Å². The highest BCUT2D eigenvalue weighted by Crippen LogP contribution is 2.45. The first-order valence-electron chi connectivity index (χ1n) is 9.00. The molecule has 8 heteroatoms. The van der Waals surface area contributed by atoms with Gasteiger partial charge in [0.1, 0.15) is 12.6 Å². The van der Waals surface area contributed by atoms with E-state index in [-0.39, 0.29) is 6.61 Å². The number of rotatable bonds is 6. The molecule has 3 rings (SSSR count). The number of amides is 1. The lowest BCUT2D eigenvalue weighted by Crippen LogP contribution is -2.38. The molecule has 1 heterocycles. The molecule has 1 saturated heterocycles. The van der Waals surface area contributed by atoms with Crippen LogP contribution in [0.3, 0.4) is 0 Å². The minimum Gasteiger partial charge on any atom is -0.493 e. The molecule has 0 N–H and O–H groups in total. The van der Waals surface area contributed by atoms with Crippen molar-refractivity contribution in [1.29, 1.82) is 0 Å². The first-order chi connectivity index (χ1) is 14.0. The minimum atomic E-state index is -1.02. The van der Waals surface area contributed by atoms with Crippen LogP contribution in [0.1, 0.15) is 24.3 Å². The van der Waals surface area contributed by atoms with Crippen molar-refractivity contribution >= 4 is 12.1 Å². The van der Waals surface area contributed by atoms with Crippen LogP contribution in [0, 0.1) is 0 Å². The van der Waals surface area contributed by atoms with E-state index in [1.54, 1.807) is 19.1 Å². The number of nitrogens with zero attached hydrogens (tertiary/aromatic N) is 1. The third-order valence-electron chi connectivity index (χ3n) is 4.66. The summed E-state index contributed by atoms with van der Waals surface area (Å²) in [5, 5.41) is 0. The SMILES string of the molecule is COc1ccc(C2OC(=O)[C@H](C)N2C(=O)OCc2ccccc2)c(OC)c1OC. The summed E-state index contributed by atoms with van der Waals surface area (Å²) in [6.45, 7) is 1.66. The summed E-state index contributed by atoms with van der Waals surface area (Å²) in [6, 6.07) is 11.8. The molecule has 1 aliphatic rings. The lowest BCUT2D eigenvalue weighted by Gasteiger charge is -2.26. The van der Waals surface area contributed by atoms with E-state index in [1.165, 1.54) is 26.2 Å². The van der Waals surface area contributed by atoms with E-state index in [0.717, 1.165) is 5.56 Å². The Bertz CT molecular complexity index is 884. The minimum absolute atomic E-state index is 0.0763. The average molecular weight is 401 g/mol. The number of benzene rings is 2. The number of hydrogen-bond acceptors (Lipinski definition) is 7. The fourth-order valence-electron chi connectivity index (χ4n) is 3.16. The van der Waals surface area contributed by atoms with E-state index in [9.17, 15) is 9.59 Å². The van der Waals surface area contributed by atoms with Crippen molar-refractivity contribution in [3.05, 3.63) is 53.6 Å². The number of cyclic esters (lactones) is 1. The molecule has 2 aromatic rings. The Morgan fingerprint density at radius 2 is 1.69 bits per heavy atom. The quantitative estimate of drug-likeness (QED) is 0.687.